The second-order valence-electron chi connectivity index (χ2n) is 7.39. The van der Waals surface area contributed by atoms with Gasteiger partial charge in [0.2, 0.25) is 5.91 Å². The largest absolute Gasteiger partial charge is 0.473 e. The van der Waals surface area contributed by atoms with E-state index in [0.717, 1.165) is 31.5 Å². The van der Waals surface area contributed by atoms with Gasteiger partial charge in [0, 0.05) is 5.56 Å². The van der Waals surface area contributed by atoms with Crippen LogP contribution in [-0.2, 0) is 19.1 Å². The third-order valence-electron chi connectivity index (χ3n) is 4.91. The Hall–Kier alpha value is -2.95. The molecular formula is C23H27ClN2O7S. The Kier molecular flexibility index (Phi) is 11.0. The van der Waals surface area contributed by atoms with Gasteiger partial charge in [0.15, 0.2) is 0 Å². The summed E-state index contributed by atoms with van der Waals surface area (Å²) in [5, 5.41) is 18.1. The average Bonchev–Trinajstić information content (AvgIpc) is 2.94. The molecule has 9 nitrogen and oxygen atoms in total. The maximum absolute atomic E-state index is 12.7. The number of carbonyl (C=O) groups excluding carboxylic acids is 2. The van der Waals surface area contributed by atoms with Crippen LogP contribution in [0.4, 0.5) is 5.00 Å². The molecule has 1 aliphatic rings. The molecule has 1 aromatic heterocycles. The Bertz CT molecular complexity index is 990. The fourth-order valence-corrected chi connectivity index (χ4v) is 4.80. The molecular weight excluding hydrogens is 484 g/mol. The third-order valence-corrected chi connectivity index (χ3v) is 6.22. The number of likely N-dealkylation sites (tertiary alicyclic amines) is 1. The number of nitrogens with one attached hydrogen (secondary N) is 1. The molecule has 1 fully saturated rings. The minimum atomic E-state index is -1.82. The van der Waals surface area contributed by atoms with E-state index in [2.05, 4.69) is 10.2 Å². The van der Waals surface area contributed by atoms with Crippen LogP contribution in [0.2, 0.25) is 4.34 Å². The van der Waals surface area contributed by atoms with E-state index in [1.807, 2.05) is 30.3 Å². The van der Waals surface area contributed by atoms with E-state index >= 15 is 0 Å². The van der Waals surface area contributed by atoms with E-state index in [-0.39, 0.29) is 12.5 Å². The summed E-state index contributed by atoms with van der Waals surface area (Å²) in [4.78, 5) is 45.7. The van der Waals surface area contributed by atoms with Crippen molar-refractivity contribution in [2.75, 3.05) is 31.6 Å². The van der Waals surface area contributed by atoms with Gasteiger partial charge in [-0.25, -0.2) is 14.4 Å². The molecule has 0 spiro atoms. The summed E-state index contributed by atoms with van der Waals surface area (Å²) in [5.41, 5.74) is 1.75. The number of carboxylic acids is 2. The number of nitrogens with zero attached hydrogens (tertiary/aromatic N) is 1. The highest BCUT2D eigenvalue weighted by Gasteiger charge is 2.26. The molecule has 0 unspecified atom stereocenters. The molecule has 0 saturated carbocycles. The molecule has 2 heterocycles. The number of carboxylic acid groups (broad SMARTS) is 2. The standard InChI is InChI=1S/C21H25ClN2O3S.C2H2O4/c1-2-27-21(26)18-17(15-10-6-5-7-11-15)19(22)28-20(18)23-16(25)14-24-12-8-3-4-9-13-24;3-1(4)2(5)6/h5-7,10-11H,2-4,8-9,12-14H2,1H3,(H,23,25);(H,3,4)(H,5,6). The van der Waals surface area contributed by atoms with Gasteiger partial charge in [-0.2, -0.15) is 0 Å². The van der Waals surface area contributed by atoms with Crippen LogP contribution in [0.25, 0.3) is 11.1 Å². The number of esters is 1. The van der Waals surface area contributed by atoms with Gasteiger partial charge in [-0.15, -0.1) is 11.3 Å². The minimum absolute atomic E-state index is 0.134. The molecule has 184 valence electrons. The second-order valence-corrected chi connectivity index (χ2v) is 9.01. The third kappa shape index (κ3) is 8.12. The molecule has 1 amide bonds. The number of anilines is 1. The van der Waals surface area contributed by atoms with Crippen LogP contribution in [0.5, 0.6) is 0 Å². The van der Waals surface area contributed by atoms with Crippen LogP contribution >= 0.6 is 22.9 Å². The average molecular weight is 511 g/mol. The second kappa shape index (κ2) is 13.7. The summed E-state index contributed by atoms with van der Waals surface area (Å²) < 4.78 is 5.70. The van der Waals surface area contributed by atoms with Crippen LogP contribution in [0.15, 0.2) is 30.3 Å². The van der Waals surface area contributed by atoms with Gasteiger partial charge in [-0.05, 0) is 38.4 Å². The highest BCUT2D eigenvalue weighted by molar-refractivity contribution is 7.21. The number of hydrogen-bond donors (Lipinski definition) is 3. The van der Waals surface area contributed by atoms with Crippen molar-refractivity contribution in [3.05, 3.63) is 40.2 Å². The van der Waals surface area contributed by atoms with Crippen LogP contribution < -0.4 is 5.32 Å². The normalized spacial score (nSPS) is 13.7. The first-order chi connectivity index (χ1) is 16.2. The van der Waals surface area contributed by atoms with Gasteiger partial charge >= 0.3 is 17.9 Å². The lowest BCUT2D eigenvalue weighted by Crippen LogP contribution is -2.34. The highest BCUT2D eigenvalue weighted by Crippen LogP contribution is 2.43. The van der Waals surface area contributed by atoms with E-state index in [0.29, 0.717) is 27.0 Å². The molecule has 2 aromatic rings. The van der Waals surface area contributed by atoms with E-state index in [4.69, 9.17) is 36.1 Å². The topological polar surface area (TPSA) is 133 Å². The molecule has 3 N–H and O–H groups in total. The van der Waals surface area contributed by atoms with Crippen molar-refractivity contribution in [2.45, 2.75) is 32.6 Å². The molecule has 0 atom stereocenters. The highest BCUT2D eigenvalue weighted by atomic mass is 35.5. The molecule has 1 aromatic carbocycles. The van der Waals surface area contributed by atoms with Gasteiger partial charge in [0.1, 0.15) is 14.9 Å². The van der Waals surface area contributed by atoms with Crippen molar-refractivity contribution >= 4 is 51.8 Å². The van der Waals surface area contributed by atoms with Gasteiger partial charge in [-0.1, -0.05) is 54.8 Å². The zero-order valence-electron chi connectivity index (χ0n) is 18.7. The van der Waals surface area contributed by atoms with Gasteiger partial charge < -0.3 is 20.3 Å². The lowest BCUT2D eigenvalue weighted by molar-refractivity contribution is -0.159. The van der Waals surface area contributed by atoms with Crippen LogP contribution in [0.1, 0.15) is 43.0 Å². The number of rotatable bonds is 6. The maximum Gasteiger partial charge on any atom is 0.414 e. The molecule has 1 aliphatic heterocycles. The minimum Gasteiger partial charge on any atom is -0.473 e. The van der Waals surface area contributed by atoms with Crippen molar-refractivity contribution in [3.8, 4) is 11.1 Å². The fourth-order valence-electron chi connectivity index (χ4n) is 3.42. The first-order valence-electron chi connectivity index (χ1n) is 10.8. The molecule has 34 heavy (non-hydrogen) atoms. The Labute approximate surface area is 206 Å². The monoisotopic (exact) mass is 510 g/mol. The maximum atomic E-state index is 12.7. The van der Waals surface area contributed by atoms with Crippen LogP contribution in [-0.4, -0.2) is 65.2 Å². The lowest BCUT2D eigenvalue weighted by Gasteiger charge is -2.18. The summed E-state index contributed by atoms with van der Waals surface area (Å²) >= 11 is 7.67. The SMILES string of the molecule is CCOC(=O)c1c(NC(=O)CN2CCCCCC2)sc(Cl)c1-c1ccccc1.O=C(O)C(=O)O. The van der Waals surface area contributed by atoms with Crippen molar-refractivity contribution in [3.63, 3.8) is 0 Å². The van der Waals surface area contributed by atoms with Gasteiger partial charge in [0.25, 0.3) is 0 Å². The lowest BCUT2D eigenvalue weighted by atomic mass is 10.0. The summed E-state index contributed by atoms with van der Waals surface area (Å²) in [7, 11) is 0. The molecule has 0 bridgehead atoms. The van der Waals surface area contributed by atoms with Crippen molar-refractivity contribution in [2.24, 2.45) is 0 Å². The summed E-state index contributed by atoms with van der Waals surface area (Å²) in [6.45, 7) is 4.18. The van der Waals surface area contributed by atoms with E-state index < -0.39 is 17.9 Å². The van der Waals surface area contributed by atoms with E-state index in [9.17, 15) is 9.59 Å². The number of halogens is 1. The van der Waals surface area contributed by atoms with Crippen LogP contribution in [0, 0.1) is 0 Å². The quantitative estimate of drug-likeness (QED) is 0.388. The smallest absolute Gasteiger partial charge is 0.414 e. The van der Waals surface area contributed by atoms with Crippen LogP contribution in [0.3, 0.4) is 0 Å². The predicted molar refractivity (Wildman–Crippen MR) is 130 cm³/mol. The molecule has 0 aliphatic carbocycles. The van der Waals surface area contributed by atoms with E-state index in [1.165, 1.54) is 24.2 Å². The summed E-state index contributed by atoms with van der Waals surface area (Å²) in [5.74, 6) is -4.26. The number of thiophene rings is 1. The van der Waals surface area contributed by atoms with Crippen molar-refractivity contribution in [1.82, 2.24) is 4.90 Å². The van der Waals surface area contributed by atoms with Gasteiger partial charge in [0.05, 0.1) is 13.2 Å². The number of hydrogen-bond acceptors (Lipinski definition) is 7. The Morgan fingerprint density at radius 1 is 1.03 bits per heavy atom. The Morgan fingerprint density at radius 2 is 1.62 bits per heavy atom. The Morgan fingerprint density at radius 3 is 2.15 bits per heavy atom. The number of benzene rings is 1. The summed E-state index contributed by atoms with van der Waals surface area (Å²) in [6, 6.07) is 9.45. The number of aliphatic carboxylic acids is 2. The Balaban J connectivity index is 0.000000604. The molecule has 0 radical (unpaired) electrons. The van der Waals surface area contributed by atoms with Crippen molar-refractivity contribution < 1.29 is 34.1 Å². The first-order valence-corrected chi connectivity index (χ1v) is 12.0. The molecule has 3 rings (SSSR count). The summed E-state index contributed by atoms with van der Waals surface area (Å²) in [6.07, 6.45) is 4.66. The predicted octanol–water partition coefficient (Wildman–Crippen LogP) is 4.22. The zero-order chi connectivity index (χ0) is 25.1. The number of carbonyl (C=O) groups is 4. The number of ether oxygens (including phenoxy) is 1. The van der Waals surface area contributed by atoms with Gasteiger partial charge in [-0.3, -0.25) is 9.69 Å². The molecule has 11 heteroatoms. The molecule has 1 saturated heterocycles. The first kappa shape index (κ1) is 27.3. The number of amides is 1. The fraction of sp³-hybridized carbons (Fsp3) is 0.391. The zero-order valence-corrected chi connectivity index (χ0v) is 20.3. The van der Waals surface area contributed by atoms with E-state index in [1.54, 1.807) is 6.92 Å². The van der Waals surface area contributed by atoms with Crippen molar-refractivity contribution in [1.29, 1.82) is 0 Å².